The molecule has 2 aromatic rings. The van der Waals surface area contributed by atoms with Crippen LogP contribution in [0, 0.1) is 29.1 Å². The summed E-state index contributed by atoms with van der Waals surface area (Å²) in [5, 5.41) is 1.43. The molecule has 1 aliphatic heterocycles. The Kier molecular flexibility index (Phi) is 5.37. The molecule has 158 valence electrons. The van der Waals surface area contributed by atoms with Crippen molar-refractivity contribution in [3.05, 3.63) is 70.6 Å². The minimum Gasteiger partial charge on any atom is -0.319 e. The highest BCUT2D eigenvalue weighted by Crippen LogP contribution is 2.35. The number of carbonyl (C=O) groups excluding carboxylic acids is 2. The van der Waals surface area contributed by atoms with Crippen LogP contribution in [-0.2, 0) is 19.6 Å². The molecular weight excluding hydrogens is 435 g/mol. The number of hydrogen-bond acceptors (Lipinski definition) is 4. The minimum absolute atomic E-state index is 0.145. The van der Waals surface area contributed by atoms with Crippen molar-refractivity contribution in [2.75, 3.05) is 11.9 Å². The lowest BCUT2D eigenvalue weighted by Gasteiger charge is -2.17. The van der Waals surface area contributed by atoms with Crippen LogP contribution in [0.3, 0.4) is 0 Å². The number of amides is 2. The van der Waals surface area contributed by atoms with Crippen LogP contribution < -0.4 is 5.32 Å². The molecule has 0 atom stereocenters. The molecule has 0 spiro atoms. The van der Waals surface area contributed by atoms with Gasteiger partial charge in [-0.1, -0.05) is 30.3 Å². The predicted octanol–water partition coefficient (Wildman–Crippen LogP) is 2.92. The third-order valence-electron chi connectivity index (χ3n) is 4.23. The molecule has 0 saturated carbocycles. The van der Waals surface area contributed by atoms with Gasteiger partial charge in [0.05, 0.1) is 0 Å². The summed E-state index contributed by atoms with van der Waals surface area (Å²) in [5.41, 5.74) is -1.69. The maximum Gasteiger partial charge on any atom is 0.268 e. The van der Waals surface area contributed by atoms with Crippen LogP contribution in [0.1, 0.15) is 12.5 Å². The Morgan fingerprint density at radius 1 is 0.933 bits per heavy atom. The van der Waals surface area contributed by atoms with Crippen molar-refractivity contribution in [1.29, 1.82) is 0 Å². The molecule has 0 bridgehead atoms. The first-order chi connectivity index (χ1) is 14.0. The van der Waals surface area contributed by atoms with Gasteiger partial charge in [0.25, 0.3) is 15.9 Å². The Balaban J connectivity index is 1.90. The lowest BCUT2D eigenvalue weighted by atomic mass is 10.1. The topological polar surface area (TPSA) is 83.6 Å². The van der Waals surface area contributed by atoms with E-state index in [9.17, 15) is 40.0 Å². The summed E-state index contributed by atoms with van der Waals surface area (Å²) in [7, 11) is -4.50. The van der Waals surface area contributed by atoms with Crippen LogP contribution >= 0.6 is 0 Å². The first kappa shape index (κ1) is 21.4. The van der Waals surface area contributed by atoms with E-state index in [0.29, 0.717) is 0 Å². The average Bonchev–Trinajstić information content (AvgIpc) is 2.88. The maximum atomic E-state index is 13.7. The molecular formula is C18H11F5N2O4S. The van der Waals surface area contributed by atoms with Crippen LogP contribution in [0.25, 0.3) is 4.91 Å². The van der Waals surface area contributed by atoms with Crippen LogP contribution in [0.5, 0.6) is 0 Å². The van der Waals surface area contributed by atoms with E-state index < -0.39 is 63.2 Å². The van der Waals surface area contributed by atoms with Gasteiger partial charge in [0.2, 0.25) is 11.7 Å². The Morgan fingerprint density at radius 2 is 1.43 bits per heavy atom. The number of carbonyl (C=O) groups is 2. The molecule has 6 nitrogen and oxygen atoms in total. The van der Waals surface area contributed by atoms with Gasteiger partial charge >= 0.3 is 0 Å². The molecule has 0 fully saturated rings. The lowest BCUT2D eigenvalue weighted by Crippen LogP contribution is -2.38. The largest absolute Gasteiger partial charge is 0.319 e. The summed E-state index contributed by atoms with van der Waals surface area (Å²) < 4.78 is 92.6. The number of halogens is 5. The summed E-state index contributed by atoms with van der Waals surface area (Å²) >= 11 is 0. The molecule has 30 heavy (non-hydrogen) atoms. The van der Waals surface area contributed by atoms with E-state index in [1.807, 2.05) is 0 Å². The maximum absolute atomic E-state index is 13.7. The van der Waals surface area contributed by atoms with Crippen molar-refractivity contribution >= 4 is 32.4 Å². The first-order valence-electron chi connectivity index (χ1n) is 8.13. The van der Waals surface area contributed by atoms with E-state index in [4.69, 9.17) is 0 Å². The second-order valence-corrected chi connectivity index (χ2v) is 7.93. The smallest absolute Gasteiger partial charge is 0.268 e. The lowest BCUT2D eigenvalue weighted by molar-refractivity contribution is -0.126. The highest BCUT2D eigenvalue weighted by Gasteiger charge is 2.43. The van der Waals surface area contributed by atoms with E-state index in [2.05, 4.69) is 0 Å². The van der Waals surface area contributed by atoms with Crippen molar-refractivity contribution in [2.24, 2.45) is 0 Å². The van der Waals surface area contributed by atoms with Gasteiger partial charge in [0.15, 0.2) is 23.3 Å². The molecule has 1 aliphatic rings. The van der Waals surface area contributed by atoms with Gasteiger partial charge in [-0.3, -0.25) is 9.59 Å². The molecule has 2 aromatic carbocycles. The molecule has 1 heterocycles. The van der Waals surface area contributed by atoms with E-state index >= 15 is 0 Å². The van der Waals surface area contributed by atoms with Crippen LogP contribution in [0.2, 0.25) is 0 Å². The van der Waals surface area contributed by atoms with Gasteiger partial charge in [-0.2, -0.15) is 0 Å². The highest BCUT2D eigenvalue weighted by atomic mass is 32.2. The van der Waals surface area contributed by atoms with Crippen molar-refractivity contribution in [3.63, 3.8) is 0 Å². The van der Waals surface area contributed by atoms with E-state index in [1.165, 1.54) is 36.5 Å². The Morgan fingerprint density at radius 3 is 1.97 bits per heavy atom. The van der Waals surface area contributed by atoms with Gasteiger partial charge in [-0.15, -0.1) is 0 Å². The molecule has 0 aromatic heterocycles. The van der Waals surface area contributed by atoms with E-state index in [0.717, 1.165) is 0 Å². The molecule has 1 N–H and O–H groups in total. The van der Waals surface area contributed by atoms with Crippen molar-refractivity contribution < 1.29 is 40.0 Å². The van der Waals surface area contributed by atoms with Crippen molar-refractivity contribution in [1.82, 2.24) is 4.31 Å². The van der Waals surface area contributed by atoms with Crippen molar-refractivity contribution in [3.8, 4) is 0 Å². The summed E-state index contributed by atoms with van der Waals surface area (Å²) in [5.74, 6) is -14.2. The summed E-state index contributed by atoms with van der Waals surface area (Å²) in [6.07, 6.45) is 0. The number of sulfonamides is 1. The molecule has 0 unspecified atom stereocenters. The number of rotatable bonds is 4. The predicted molar refractivity (Wildman–Crippen MR) is 94.5 cm³/mol. The molecule has 3 rings (SSSR count). The van der Waals surface area contributed by atoms with E-state index in [1.54, 1.807) is 6.07 Å². The fourth-order valence-electron chi connectivity index (χ4n) is 2.83. The fourth-order valence-corrected chi connectivity index (χ4v) is 4.60. The summed E-state index contributed by atoms with van der Waals surface area (Å²) in [4.78, 5) is 24.1. The summed E-state index contributed by atoms with van der Waals surface area (Å²) in [6, 6.07) is 7.49. The SMILES string of the molecule is CC1=C(c2ccccc2)S(=O)(=O)N(CC(=O)Nc2c(F)c(F)c(F)c(F)c2F)C1=O. The van der Waals surface area contributed by atoms with Gasteiger partial charge in [-0.05, 0) is 12.5 Å². The van der Waals surface area contributed by atoms with Crippen LogP contribution in [0.15, 0.2) is 35.9 Å². The Labute approximate surface area is 166 Å². The number of nitrogens with one attached hydrogen (secondary N) is 1. The van der Waals surface area contributed by atoms with Gasteiger partial charge in [-0.25, -0.2) is 34.7 Å². The molecule has 12 heteroatoms. The fraction of sp³-hybridized carbons (Fsp3) is 0.111. The second kappa shape index (κ2) is 7.52. The van der Waals surface area contributed by atoms with Crippen LogP contribution in [0.4, 0.5) is 27.6 Å². The minimum atomic E-state index is -4.50. The zero-order valence-corrected chi connectivity index (χ0v) is 15.8. The molecule has 0 radical (unpaired) electrons. The van der Waals surface area contributed by atoms with Crippen molar-refractivity contribution in [2.45, 2.75) is 6.92 Å². The average molecular weight is 446 g/mol. The van der Waals surface area contributed by atoms with E-state index in [-0.39, 0.29) is 20.3 Å². The number of anilines is 1. The molecule has 2 amide bonds. The number of hydrogen-bond donors (Lipinski definition) is 1. The molecule has 0 saturated heterocycles. The standard InChI is InChI=1S/C18H11F5N2O4S/c1-8-17(9-5-3-2-4-6-9)30(28,29)25(18(8)27)7-10(26)24-16-14(22)12(20)11(19)13(21)15(16)23/h2-6H,7H2,1H3,(H,24,26). The number of benzene rings is 2. The zero-order valence-electron chi connectivity index (χ0n) is 15.0. The highest BCUT2D eigenvalue weighted by molar-refractivity contribution is 7.99. The Bertz CT molecular complexity index is 1180. The third-order valence-corrected chi connectivity index (χ3v) is 6.17. The first-order valence-corrected chi connectivity index (χ1v) is 9.57. The van der Waals surface area contributed by atoms with Gasteiger partial charge in [0.1, 0.15) is 17.1 Å². The normalized spacial score (nSPS) is 15.7. The zero-order chi connectivity index (χ0) is 22.4. The van der Waals surface area contributed by atoms with Crippen LogP contribution in [-0.4, -0.2) is 31.1 Å². The summed E-state index contributed by atoms with van der Waals surface area (Å²) in [6.45, 7) is -0.0292. The van der Waals surface area contributed by atoms with Gasteiger partial charge in [0, 0.05) is 5.57 Å². The second-order valence-electron chi connectivity index (χ2n) is 6.13. The third kappa shape index (κ3) is 3.32. The quantitative estimate of drug-likeness (QED) is 0.445. The van der Waals surface area contributed by atoms with Gasteiger partial charge < -0.3 is 5.32 Å². The number of nitrogens with zero attached hydrogens (tertiary/aromatic N) is 1. The molecule has 0 aliphatic carbocycles. The Hall–Kier alpha value is -3.28. The monoisotopic (exact) mass is 446 g/mol.